The van der Waals surface area contributed by atoms with Crippen molar-refractivity contribution in [2.75, 3.05) is 7.11 Å². The molecule has 0 bridgehead atoms. The molecule has 2 rings (SSSR count). The first-order valence-corrected chi connectivity index (χ1v) is 6.87. The molecule has 0 spiro atoms. The predicted octanol–water partition coefficient (Wildman–Crippen LogP) is 4.10. The van der Waals surface area contributed by atoms with Crippen LogP contribution >= 0.6 is 11.6 Å². The van der Waals surface area contributed by atoms with Gasteiger partial charge in [-0.25, -0.2) is 0 Å². The van der Waals surface area contributed by atoms with Crippen molar-refractivity contribution in [3.05, 3.63) is 65.2 Å². The molecule has 0 fully saturated rings. The van der Waals surface area contributed by atoms with Crippen LogP contribution in [0.2, 0.25) is 0 Å². The molecule has 2 nitrogen and oxygen atoms in total. The number of rotatable bonds is 5. The van der Waals surface area contributed by atoms with Crippen molar-refractivity contribution in [3.63, 3.8) is 0 Å². The van der Waals surface area contributed by atoms with Gasteiger partial charge in [-0.15, -0.1) is 0 Å². The smallest absolute Gasteiger partial charge is 0.229 e. The molecule has 2 aromatic rings. The zero-order chi connectivity index (χ0) is 14.5. The Balaban J connectivity index is 2.25. The quantitative estimate of drug-likeness (QED) is 0.775. The fraction of sp³-hybridized carbons (Fsp3) is 0.235. The lowest BCUT2D eigenvalue weighted by molar-refractivity contribution is -0.113. The normalized spacial score (nSPS) is 11.9. The van der Waals surface area contributed by atoms with Gasteiger partial charge in [0.15, 0.2) is 0 Å². The summed E-state index contributed by atoms with van der Waals surface area (Å²) in [6.45, 7) is 2.02. The Labute approximate surface area is 124 Å². The van der Waals surface area contributed by atoms with Gasteiger partial charge in [0.25, 0.3) is 0 Å². The zero-order valence-electron chi connectivity index (χ0n) is 11.6. The molecule has 0 saturated carbocycles. The highest BCUT2D eigenvalue weighted by Crippen LogP contribution is 2.25. The Morgan fingerprint density at radius 2 is 1.90 bits per heavy atom. The number of methoxy groups -OCH3 is 1. The Morgan fingerprint density at radius 3 is 2.50 bits per heavy atom. The fourth-order valence-electron chi connectivity index (χ4n) is 2.16. The number of carbonyl (C=O) groups excluding carboxylic acids is 1. The second-order valence-corrected chi connectivity index (χ2v) is 5.20. The van der Waals surface area contributed by atoms with Gasteiger partial charge in [-0.3, -0.25) is 4.79 Å². The number of benzene rings is 2. The molecule has 0 aromatic heterocycles. The molecule has 104 valence electrons. The number of aryl methyl sites for hydroxylation is 1. The van der Waals surface area contributed by atoms with E-state index in [0.717, 1.165) is 22.4 Å². The zero-order valence-corrected chi connectivity index (χ0v) is 12.4. The van der Waals surface area contributed by atoms with Crippen LogP contribution < -0.4 is 4.74 Å². The molecule has 0 N–H and O–H groups in total. The van der Waals surface area contributed by atoms with Gasteiger partial charge in [-0.2, -0.15) is 0 Å². The molecule has 0 amide bonds. The lowest BCUT2D eigenvalue weighted by Gasteiger charge is -2.14. The molecule has 0 radical (unpaired) electrons. The average Bonchev–Trinajstić information content (AvgIpc) is 2.46. The van der Waals surface area contributed by atoms with E-state index in [2.05, 4.69) is 0 Å². The number of carbonyl (C=O) groups is 1. The second-order valence-electron chi connectivity index (χ2n) is 4.82. The highest BCUT2D eigenvalue weighted by atomic mass is 35.5. The standard InChI is InChI=1S/C17H17ClO2/c1-12-6-8-14(9-7-12)16(17(18)19)11-13-4-3-5-15(10-13)20-2/h3-10,16H,11H2,1-2H3. The van der Waals surface area contributed by atoms with Crippen LogP contribution in [0.3, 0.4) is 0 Å². The molecular weight excluding hydrogens is 272 g/mol. The molecule has 20 heavy (non-hydrogen) atoms. The SMILES string of the molecule is COc1cccc(CC(C(=O)Cl)c2ccc(C)cc2)c1. The van der Waals surface area contributed by atoms with Crippen molar-refractivity contribution in [2.24, 2.45) is 0 Å². The largest absolute Gasteiger partial charge is 0.497 e. The number of halogens is 1. The van der Waals surface area contributed by atoms with Crippen LogP contribution in [0.15, 0.2) is 48.5 Å². The van der Waals surface area contributed by atoms with Crippen molar-refractivity contribution >= 4 is 16.8 Å². The average molecular weight is 289 g/mol. The summed E-state index contributed by atoms with van der Waals surface area (Å²) in [6, 6.07) is 15.6. The van der Waals surface area contributed by atoms with Crippen LogP contribution in [0.4, 0.5) is 0 Å². The summed E-state index contributed by atoms with van der Waals surface area (Å²) < 4.78 is 5.20. The molecule has 1 atom stereocenters. The van der Waals surface area contributed by atoms with E-state index in [1.165, 1.54) is 0 Å². The van der Waals surface area contributed by atoms with E-state index < -0.39 is 0 Å². The maximum absolute atomic E-state index is 11.7. The highest BCUT2D eigenvalue weighted by Gasteiger charge is 2.19. The third kappa shape index (κ3) is 3.61. The van der Waals surface area contributed by atoms with Gasteiger partial charge in [-0.1, -0.05) is 42.0 Å². The lowest BCUT2D eigenvalue weighted by Crippen LogP contribution is -2.10. The first-order chi connectivity index (χ1) is 9.60. The van der Waals surface area contributed by atoms with E-state index in [4.69, 9.17) is 16.3 Å². The van der Waals surface area contributed by atoms with Crippen molar-refractivity contribution in [2.45, 2.75) is 19.3 Å². The molecule has 1 unspecified atom stereocenters. The predicted molar refractivity (Wildman–Crippen MR) is 81.5 cm³/mol. The van der Waals surface area contributed by atoms with Gasteiger partial charge in [0, 0.05) is 0 Å². The van der Waals surface area contributed by atoms with Crippen molar-refractivity contribution in [1.82, 2.24) is 0 Å². The molecular formula is C17H17ClO2. The summed E-state index contributed by atoms with van der Waals surface area (Å²) in [6.07, 6.45) is 0.572. The van der Waals surface area contributed by atoms with E-state index in [9.17, 15) is 4.79 Å². The Hall–Kier alpha value is -1.80. The van der Waals surface area contributed by atoms with Gasteiger partial charge in [0.05, 0.1) is 13.0 Å². The van der Waals surface area contributed by atoms with Crippen LogP contribution in [-0.4, -0.2) is 12.4 Å². The van der Waals surface area contributed by atoms with Crippen LogP contribution in [0, 0.1) is 6.92 Å². The van der Waals surface area contributed by atoms with Crippen LogP contribution in [0.5, 0.6) is 5.75 Å². The van der Waals surface area contributed by atoms with E-state index in [-0.39, 0.29) is 11.2 Å². The van der Waals surface area contributed by atoms with Crippen LogP contribution in [0.1, 0.15) is 22.6 Å². The summed E-state index contributed by atoms with van der Waals surface area (Å²) in [5, 5.41) is -0.336. The maximum Gasteiger partial charge on any atom is 0.229 e. The minimum absolute atomic E-state index is 0.329. The maximum atomic E-state index is 11.7. The topological polar surface area (TPSA) is 26.3 Å². The lowest BCUT2D eigenvalue weighted by atomic mass is 9.92. The van der Waals surface area contributed by atoms with Crippen molar-refractivity contribution in [1.29, 1.82) is 0 Å². The molecule has 2 aromatic carbocycles. The molecule has 0 aliphatic rings. The summed E-state index contributed by atoms with van der Waals surface area (Å²) >= 11 is 5.77. The van der Waals surface area contributed by atoms with Crippen molar-refractivity contribution in [3.8, 4) is 5.75 Å². The molecule has 0 aliphatic heterocycles. The van der Waals surface area contributed by atoms with E-state index in [0.29, 0.717) is 6.42 Å². The van der Waals surface area contributed by atoms with Gasteiger partial charge >= 0.3 is 0 Å². The van der Waals surface area contributed by atoms with E-state index in [1.807, 2.05) is 55.5 Å². The van der Waals surface area contributed by atoms with Crippen LogP contribution in [-0.2, 0) is 11.2 Å². The third-order valence-electron chi connectivity index (χ3n) is 3.33. The number of hydrogen-bond donors (Lipinski definition) is 0. The molecule has 0 saturated heterocycles. The van der Waals surface area contributed by atoms with E-state index in [1.54, 1.807) is 7.11 Å². The number of ether oxygens (including phenoxy) is 1. The van der Waals surface area contributed by atoms with E-state index >= 15 is 0 Å². The van der Waals surface area contributed by atoms with Gasteiger partial charge in [0.2, 0.25) is 5.24 Å². The molecule has 0 heterocycles. The highest BCUT2D eigenvalue weighted by molar-refractivity contribution is 6.64. The summed E-state index contributed by atoms with van der Waals surface area (Å²) in [5.74, 6) is 0.455. The number of hydrogen-bond acceptors (Lipinski definition) is 2. The minimum Gasteiger partial charge on any atom is -0.497 e. The third-order valence-corrected chi connectivity index (χ3v) is 3.59. The van der Waals surface area contributed by atoms with Crippen LogP contribution in [0.25, 0.3) is 0 Å². The Bertz CT molecular complexity index is 590. The Morgan fingerprint density at radius 1 is 1.20 bits per heavy atom. The second kappa shape index (κ2) is 6.58. The van der Waals surface area contributed by atoms with Gasteiger partial charge in [0.1, 0.15) is 5.75 Å². The monoisotopic (exact) mass is 288 g/mol. The first kappa shape index (κ1) is 14.6. The fourth-order valence-corrected chi connectivity index (χ4v) is 2.37. The minimum atomic E-state index is -0.336. The molecule has 3 heteroatoms. The summed E-state index contributed by atoms with van der Waals surface area (Å²) in [5.41, 5.74) is 3.14. The summed E-state index contributed by atoms with van der Waals surface area (Å²) in [4.78, 5) is 11.7. The summed E-state index contributed by atoms with van der Waals surface area (Å²) in [7, 11) is 1.63. The van der Waals surface area contributed by atoms with Gasteiger partial charge in [-0.05, 0) is 48.2 Å². The Kier molecular flexibility index (Phi) is 4.80. The first-order valence-electron chi connectivity index (χ1n) is 6.49. The van der Waals surface area contributed by atoms with Crippen molar-refractivity contribution < 1.29 is 9.53 Å². The molecule has 0 aliphatic carbocycles. The van der Waals surface area contributed by atoms with Gasteiger partial charge < -0.3 is 4.74 Å².